The first-order valence-electron chi connectivity index (χ1n) is 5.20. The van der Waals surface area contributed by atoms with E-state index in [1.165, 1.54) is 0 Å². The van der Waals surface area contributed by atoms with Gasteiger partial charge in [0.25, 0.3) is 0 Å². The lowest BCUT2D eigenvalue weighted by atomic mass is 9.73. The second-order valence-corrected chi connectivity index (χ2v) is 4.52. The third kappa shape index (κ3) is 3.48. The molecule has 0 aromatic carbocycles. The molecule has 2 N–H and O–H groups in total. The molecule has 0 saturated heterocycles. The average molecular weight is 209 g/mol. The van der Waals surface area contributed by atoms with E-state index in [1.807, 2.05) is 6.92 Å². The van der Waals surface area contributed by atoms with Crippen LogP contribution in [0.25, 0.3) is 0 Å². The lowest BCUT2D eigenvalue weighted by Gasteiger charge is -2.38. The first kappa shape index (κ1) is 11.8. The van der Waals surface area contributed by atoms with Crippen LogP contribution >= 0.6 is 0 Å². The Hall–Kier alpha value is -0.250. The van der Waals surface area contributed by atoms with E-state index in [9.17, 15) is 13.2 Å². The molecule has 0 aromatic heterocycles. The summed E-state index contributed by atoms with van der Waals surface area (Å²) in [5, 5.41) is 0. The average Bonchev–Trinajstić information content (AvgIpc) is 1.99. The van der Waals surface area contributed by atoms with Crippen LogP contribution in [0.15, 0.2) is 0 Å². The number of alkyl halides is 3. The van der Waals surface area contributed by atoms with Gasteiger partial charge >= 0.3 is 6.18 Å². The van der Waals surface area contributed by atoms with E-state index < -0.39 is 18.1 Å². The van der Waals surface area contributed by atoms with Crippen LogP contribution in [0.4, 0.5) is 13.2 Å². The molecule has 0 aromatic rings. The third-order valence-electron chi connectivity index (χ3n) is 3.11. The van der Waals surface area contributed by atoms with Crippen LogP contribution in [-0.4, -0.2) is 11.7 Å². The maximum absolute atomic E-state index is 12.2. The molecule has 0 spiro atoms. The van der Waals surface area contributed by atoms with Crippen LogP contribution in [-0.2, 0) is 0 Å². The van der Waals surface area contributed by atoms with Crippen molar-refractivity contribution in [2.24, 2.45) is 11.7 Å². The summed E-state index contributed by atoms with van der Waals surface area (Å²) in [5.41, 5.74) is 4.80. The zero-order valence-electron chi connectivity index (χ0n) is 8.53. The van der Waals surface area contributed by atoms with Gasteiger partial charge in [0.15, 0.2) is 0 Å². The lowest BCUT2D eigenvalue weighted by Crippen LogP contribution is -2.47. The summed E-state index contributed by atoms with van der Waals surface area (Å²) in [4.78, 5) is 0. The summed E-state index contributed by atoms with van der Waals surface area (Å²) in [7, 11) is 0. The second-order valence-electron chi connectivity index (χ2n) is 4.52. The van der Waals surface area contributed by atoms with Crippen molar-refractivity contribution in [1.82, 2.24) is 0 Å². The first-order chi connectivity index (χ1) is 6.35. The van der Waals surface area contributed by atoms with Crippen molar-refractivity contribution >= 4 is 0 Å². The highest BCUT2D eigenvalue weighted by molar-refractivity contribution is 4.92. The van der Waals surface area contributed by atoms with Gasteiger partial charge in [0.05, 0.1) is 6.42 Å². The van der Waals surface area contributed by atoms with Gasteiger partial charge in [0, 0.05) is 5.54 Å². The molecule has 1 saturated carbocycles. The van der Waals surface area contributed by atoms with E-state index in [4.69, 9.17) is 5.73 Å². The van der Waals surface area contributed by atoms with E-state index in [2.05, 4.69) is 0 Å². The predicted molar refractivity (Wildman–Crippen MR) is 49.8 cm³/mol. The summed E-state index contributed by atoms with van der Waals surface area (Å²) in [5.74, 6) is 0.385. The molecule has 1 nitrogen and oxygen atoms in total. The van der Waals surface area contributed by atoms with Crippen molar-refractivity contribution in [3.63, 3.8) is 0 Å². The summed E-state index contributed by atoms with van der Waals surface area (Å²) >= 11 is 0. The normalized spacial score (nSPS) is 34.5. The van der Waals surface area contributed by atoms with Crippen molar-refractivity contribution in [2.75, 3.05) is 0 Å². The maximum Gasteiger partial charge on any atom is 0.390 e. The molecule has 0 radical (unpaired) electrons. The van der Waals surface area contributed by atoms with E-state index >= 15 is 0 Å². The molecule has 84 valence electrons. The van der Waals surface area contributed by atoms with Gasteiger partial charge in [-0.25, -0.2) is 0 Å². The fourth-order valence-electron chi connectivity index (χ4n) is 2.43. The van der Waals surface area contributed by atoms with Crippen LogP contribution in [0.3, 0.4) is 0 Å². The molecule has 14 heavy (non-hydrogen) atoms. The molecule has 1 aliphatic carbocycles. The van der Waals surface area contributed by atoms with Gasteiger partial charge in [-0.05, 0) is 18.8 Å². The topological polar surface area (TPSA) is 26.0 Å². The molecular formula is C10H18F3N. The standard InChI is InChI=1S/C10H18F3N/c1-2-8-4-3-5-9(14,6-8)7-10(11,12)13/h8H,2-7,14H2,1H3. The minimum absolute atomic E-state index is 0.385. The highest BCUT2D eigenvalue weighted by Crippen LogP contribution is 2.39. The quantitative estimate of drug-likeness (QED) is 0.742. The minimum Gasteiger partial charge on any atom is -0.325 e. The Kier molecular flexibility index (Phi) is 3.45. The molecule has 1 fully saturated rings. The van der Waals surface area contributed by atoms with Gasteiger partial charge in [-0.3, -0.25) is 0 Å². The molecule has 0 heterocycles. The zero-order chi connectivity index (χ0) is 10.8. The number of hydrogen-bond donors (Lipinski definition) is 1. The van der Waals surface area contributed by atoms with Gasteiger partial charge in [-0.2, -0.15) is 13.2 Å². The Bertz CT molecular complexity index is 190. The van der Waals surface area contributed by atoms with Crippen molar-refractivity contribution in [3.05, 3.63) is 0 Å². The Balaban J connectivity index is 2.55. The predicted octanol–water partition coefficient (Wildman–Crippen LogP) is 3.24. The Morgan fingerprint density at radius 3 is 2.57 bits per heavy atom. The van der Waals surface area contributed by atoms with Crippen molar-refractivity contribution in [3.8, 4) is 0 Å². The Labute approximate surface area is 82.9 Å². The first-order valence-corrected chi connectivity index (χ1v) is 5.20. The Morgan fingerprint density at radius 1 is 1.43 bits per heavy atom. The molecule has 1 aliphatic rings. The van der Waals surface area contributed by atoms with Crippen LogP contribution in [0, 0.1) is 5.92 Å². The number of hydrogen-bond acceptors (Lipinski definition) is 1. The van der Waals surface area contributed by atoms with Crippen LogP contribution < -0.4 is 5.73 Å². The van der Waals surface area contributed by atoms with Crippen molar-refractivity contribution in [2.45, 2.75) is 57.2 Å². The molecule has 4 heteroatoms. The summed E-state index contributed by atoms with van der Waals surface area (Å²) in [6, 6.07) is 0. The molecular weight excluding hydrogens is 191 g/mol. The molecule has 2 unspecified atom stereocenters. The van der Waals surface area contributed by atoms with Crippen LogP contribution in [0.1, 0.15) is 45.4 Å². The van der Waals surface area contributed by atoms with Crippen molar-refractivity contribution in [1.29, 1.82) is 0 Å². The summed E-state index contributed by atoms with van der Waals surface area (Å²) in [6.07, 6.45) is -1.08. The molecule has 0 bridgehead atoms. The molecule has 2 atom stereocenters. The summed E-state index contributed by atoms with van der Waals surface area (Å²) < 4.78 is 36.7. The number of nitrogens with two attached hydrogens (primary N) is 1. The fraction of sp³-hybridized carbons (Fsp3) is 1.00. The zero-order valence-corrected chi connectivity index (χ0v) is 8.53. The van der Waals surface area contributed by atoms with Gasteiger partial charge < -0.3 is 5.73 Å². The maximum atomic E-state index is 12.2. The fourth-order valence-corrected chi connectivity index (χ4v) is 2.43. The highest BCUT2D eigenvalue weighted by Gasteiger charge is 2.42. The largest absolute Gasteiger partial charge is 0.390 e. The monoisotopic (exact) mass is 209 g/mol. The van der Waals surface area contributed by atoms with Gasteiger partial charge in [-0.1, -0.05) is 26.2 Å². The number of halogens is 3. The van der Waals surface area contributed by atoms with Gasteiger partial charge in [0.2, 0.25) is 0 Å². The summed E-state index contributed by atoms with van der Waals surface area (Å²) in [6.45, 7) is 2.02. The minimum atomic E-state index is -4.12. The molecule has 0 aliphatic heterocycles. The second kappa shape index (κ2) is 4.09. The van der Waals surface area contributed by atoms with Crippen molar-refractivity contribution < 1.29 is 13.2 Å². The van der Waals surface area contributed by atoms with E-state index in [0.29, 0.717) is 18.8 Å². The van der Waals surface area contributed by atoms with Crippen LogP contribution in [0.5, 0.6) is 0 Å². The third-order valence-corrected chi connectivity index (χ3v) is 3.11. The SMILES string of the molecule is CCC1CCCC(N)(CC(F)(F)F)C1. The van der Waals surface area contributed by atoms with Gasteiger partial charge in [-0.15, -0.1) is 0 Å². The molecule has 1 rings (SSSR count). The van der Waals surface area contributed by atoms with E-state index in [0.717, 1.165) is 19.3 Å². The van der Waals surface area contributed by atoms with Gasteiger partial charge in [0.1, 0.15) is 0 Å². The lowest BCUT2D eigenvalue weighted by molar-refractivity contribution is -0.151. The van der Waals surface area contributed by atoms with Crippen LogP contribution in [0.2, 0.25) is 0 Å². The smallest absolute Gasteiger partial charge is 0.325 e. The van der Waals surface area contributed by atoms with E-state index in [-0.39, 0.29) is 0 Å². The Morgan fingerprint density at radius 2 is 2.07 bits per heavy atom. The molecule has 0 amide bonds. The van der Waals surface area contributed by atoms with E-state index in [1.54, 1.807) is 0 Å². The highest BCUT2D eigenvalue weighted by atomic mass is 19.4. The number of rotatable bonds is 2.